The van der Waals surface area contributed by atoms with Crippen LogP contribution in [0.15, 0.2) is 0 Å². The Labute approximate surface area is 121 Å². The van der Waals surface area contributed by atoms with Crippen molar-refractivity contribution < 1.29 is 9.59 Å². The van der Waals surface area contributed by atoms with Gasteiger partial charge < -0.3 is 16.4 Å². The summed E-state index contributed by atoms with van der Waals surface area (Å²) in [6, 6.07) is 0. The van der Waals surface area contributed by atoms with Crippen molar-refractivity contribution in [3.63, 3.8) is 0 Å². The Morgan fingerprint density at radius 2 is 2.00 bits per heavy atom. The normalized spacial score (nSPS) is 34.8. The van der Waals surface area contributed by atoms with Crippen LogP contribution < -0.4 is 11.5 Å². The highest BCUT2D eigenvalue weighted by Gasteiger charge is 2.40. The lowest BCUT2D eigenvalue weighted by atomic mass is 9.73. The van der Waals surface area contributed by atoms with Crippen LogP contribution in [-0.4, -0.2) is 35.3 Å². The van der Waals surface area contributed by atoms with E-state index in [2.05, 4.69) is 0 Å². The summed E-state index contributed by atoms with van der Waals surface area (Å²) < 4.78 is 0. The fourth-order valence-corrected chi connectivity index (χ4v) is 3.70. The fourth-order valence-electron chi connectivity index (χ4n) is 3.70. The zero-order valence-corrected chi connectivity index (χ0v) is 12.4. The summed E-state index contributed by atoms with van der Waals surface area (Å²) in [6.45, 7) is 3.45. The van der Waals surface area contributed by atoms with Crippen LogP contribution in [-0.2, 0) is 9.59 Å². The molecule has 2 rings (SSSR count). The highest BCUT2D eigenvalue weighted by atomic mass is 16.2. The molecule has 1 saturated heterocycles. The van der Waals surface area contributed by atoms with Crippen molar-refractivity contribution in [3.8, 4) is 0 Å². The summed E-state index contributed by atoms with van der Waals surface area (Å²) in [5.41, 5.74) is 11.2. The summed E-state index contributed by atoms with van der Waals surface area (Å²) >= 11 is 0. The number of amides is 2. The monoisotopic (exact) mass is 281 g/mol. The van der Waals surface area contributed by atoms with Gasteiger partial charge in [-0.05, 0) is 38.5 Å². The standard InChI is InChI=1S/C15H27N3O2/c1-15(17)7-3-2-6-12(15)14(20)18-8-4-5-11(10-18)9-13(16)19/h11-12H,2-10,17H2,1H3,(H2,16,19). The van der Waals surface area contributed by atoms with Crippen LogP contribution in [0.4, 0.5) is 0 Å². The highest BCUT2D eigenvalue weighted by molar-refractivity contribution is 5.80. The predicted octanol–water partition coefficient (Wildman–Crippen LogP) is 1.01. The molecule has 0 aromatic rings. The number of rotatable bonds is 3. The molecule has 0 bridgehead atoms. The van der Waals surface area contributed by atoms with Crippen LogP contribution in [0.1, 0.15) is 51.9 Å². The number of carbonyl (C=O) groups excluding carboxylic acids is 2. The van der Waals surface area contributed by atoms with Crippen LogP contribution >= 0.6 is 0 Å². The molecule has 2 aliphatic rings. The maximum absolute atomic E-state index is 12.7. The van der Waals surface area contributed by atoms with Crippen molar-refractivity contribution in [3.05, 3.63) is 0 Å². The fraction of sp³-hybridized carbons (Fsp3) is 0.867. The average Bonchev–Trinajstić information content (AvgIpc) is 2.37. The Hall–Kier alpha value is -1.10. The maximum atomic E-state index is 12.7. The second-order valence-electron chi connectivity index (χ2n) is 6.77. The molecule has 1 aliphatic carbocycles. The van der Waals surface area contributed by atoms with Crippen LogP contribution in [0.3, 0.4) is 0 Å². The third kappa shape index (κ3) is 3.51. The molecule has 3 unspecified atom stereocenters. The lowest BCUT2D eigenvalue weighted by Crippen LogP contribution is -2.55. The first-order chi connectivity index (χ1) is 9.40. The van der Waals surface area contributed by atoms with Gasteiger partial charge in [0, 0.05) is 25.0 Å². The molecule has 20 heavy (non-hydrogen) atoms. The van der Waals surface area contributed by atoms with Crippen molar-refractivity contribution in [2.24, 2.45) is 23.3 Å². The zero-order chi connectivity index (χ0) is 14.8. The van der Waals surface area contributed by atoms with Crippen LogP contribution in [0.2, 0.25) is 0 Å². The van der Waals surface area contributed by atoms with Gasteiger partial charge >= 0.3 is 0 Å². The molecule has 1 heterocycles. The first-order valence-corrected chi connectivity index (χ1v) is 7.76. The molecule has 3 atom stereocenters. The van der Waals surface area contributed by atoms with E-state index in [1.807, 2.05) is 11.8 Å². The SMILES string of the molecule is CC1(N)CCCCC1C(=O)N1CCCC(CC(N)=O)C1. The minimum absolute atomic E-state index is 0.0661. The van der Waals surface area contributed by atoms with E-state index in [4.69, 9.17) is 11.5 Å². The maximum Gasteiger partial charge on any atom is 0.227 e. The van der Waals surface area contributed by atoms with Crippen molar-refractivity contribution >= 4 is 11.8 Å². The predicted molar refractivity (Wildman–Crippen MR) is 77.7 cm³/mol. The first kappa shape index (κ1) is 15.3. The lowest BCUT2D eigenvalue weighted by molar-refractivity contribution is -0.141. The van der Waals surface area contributed by atoms with E-state index in [-0.39, 0.29) is 29.2 Å². The lowest BCUT2D eigenvalue weighted by Gasteiger charge is -2.42. The average molecular weight is 281 g/mol. The largest absolute Gasteiger partial charge is 0.370 e. The minimum atomic E-state index is -0.383. The van der Waals surface area contributed by atoms with Gasteiger partial charge in [-0.15, -0.1) is 0 Å². The van der Waals surface area contributed by atoms with Gasteiger partial charge in [-0.1, -0.05) is 12.8 Å². The molecule has 5 nitrogen and oxygen atoms in total. The second kappa shape index (κ2) is 6.12. The zero-order valence-electron chi connectivity index (χ0n) is 12.4. The van der Waals surface area contributed by atoms with Gasteiger partial charge in [0.15, 0.2) is 0 Å². The number of carbonyl (C=O) groups is 2. The molecule has 2 fully saturated rings. The topological polar surface area (TPSA) is 89.4 Å². The van der Waals surface area contributed by atoms with Crippen LogP contribution in [0, 0.1) is 11.8 Å². The highest BCUT2D eigenvalue weighted by Crippen LogP contribution is 2.34. The van der Waals surface area contributed by atoms with E-state index in [1.165, 1.54) is 0 Å². The van der Waals surface area contributed by atoms with E-state index < -0.39 is 0 Å². The minimum Gasteiger partial charge on any atom is -0.370 e. The third-order valence-electron chi connectivity index (χ3n) is 4.87. The Morgan fingerprint density at radius 1 is 1.25 bits per heavy atom. The molecule has 4 N–H and O–H groups in total. The van der Waals surface area contributed by atoms with Crippen molar-refractivity contribution in [1.29, 1.82) is 0 Å². The summed E-state index contributed by atoms with van der Waals surface area (Å²) in [4.78, 5) is 25.7. The van der Waals surface area contributed by atoms with Crippen molar-refractivity contribution in [1.82, 2.24) is 4.90 Å². The van der Waals surface area contributed by atoms with E-state index in [1.54, 1.807) is 0 Å². The van der Waals surface area contributed by atoms with Crippen molar-refractivity contribution in [2.45, 2.75) is 57.4 Å². The van der Waals surface area contributed by atoms with Crippen molar-refractivity contribution in [2.75, 3.05) is 13.1 Å². The van der Waals surface area contributed by atoms with E-state index in [0.29, 0.717) is 13.0 Å². The van der Waals surface area contributed by atoms with Gasteiger partial charge in [0.2, 0.25) is 11.8 Å². The van der Waals surface area contributed by atoms with E-state index in [9.17, 15) is 9.59 Å². The number of piperidine rings is 1. The van der Waals surface area contributed by atoms with Gasteiger partial charge in [-0.2, -0.15) is 0 Å². The van der Waals surface area contributed by atoms with Gasteiger partial charge in [-0.25, -0.2) is 0 Å². The first-order valence-electron chi connectivity index (χ1n) is 7.76. The Kier molecular flexibility index (Phi) is 4.68. The number of nitrogens with two attached hydrogens (primary N) is 2. The molecule has 1 saturated carbocycles. The number of hydrogen-bond donors (Lipinski definition) is 2. The van der Waals surface area contributed by atoms with Gasteiger partial charge in [-0.3, -0.25) is 9.59 Å². The molecule has 2 amide bonds. The molecule has 0 aromatic carbocycles. The molecule has 0 radical (unpaired) electrons. The Morgan fingerprint density at radius 3 is 2.65 bits per heavy atom. The smallest absolute Gasteiger partial charge is 0.227 e. The number of likely N-dealkylation sites (tertiary alicyclic amines) is 1. The molecule has 0 aromatic heterocycles. The summed E-state index contributed by atoms with van der Waals surface area (Å²) in [7, 11) is 0. The number of hydrogen-bond acceptors (Lipinski definition) is 3. The second-order valence-corrected chi connectivity index (χ2v) is 6.77. The molecule has 114 valence electrons. The van der Waals surface area contributed by atoms with Gasteiger partial charge in [0.25, 0.3) is 0 Å². The summed E-state index contributed by atoms with van der Waals surface area (Å²) in [5.74, 6) is 0.0656. The van der Waals surface area contributed by atoms with Crippen LogP contribution in [0.5, 0.6) is 0 Å². The Balaban J connectivity index is 1.99. The Bertz CT molecular complexity index is 381. The summed E-state index contributed by atoms with van der Waals surface area (Å²) in [6.07, 6.45) is 6.33. The summed E-state index contributed by atoms with van der Waals surface area (Å²) in [5, 5.41) is 0. The van der Waals surface area contributed by atoms with E-state index in [0.717, 1.165) is 45.1 Å². The number of primary amides is 1. The molecular formula is C15H27N3O2. The third-order valence-corrected chi connectivity index (χ3v) is 4.87. The quantitative estimate of drug-likeness (QED) is 0.809. The van der Waals surface area contributed by atoms with Crippen LogP contribution in [0.25, 0.3) is 0 Å². The van der Waals surface area contributed by atoms with E-state index >= 15 is 0 Å². The number of nitrogens with zero attached hydrogens (tertiary/aromatic N) is 1. The molecule has 1 aliphatic heterocycles. The van der Waals surface area contributed by atoms with Gasteiger partial charge in [0.05, 0.1) is 5.92 Å². The van der Waals surface area contributed by atoms with Gasteiger partial charge in [0.1, 0.15) is 0 Å². The molecular weight excluding hydrogens is 254 g/mol. The molecule has 5 heteroatoms. The molecule has 0 spiro atoms.